The summed E-state index contributed by atoms with van der Waals surface area (Å²) in [6, 6.07) is 7.39. The third kappa shape index (κ3) is 2.91. The van der Waals surface area contributed by atoms with E-state index < -0.39 is 0 Å². The number of ether oxygens (including phenoxy) is 2. The fourth-order valence-corrected chi connectivity index (χ4v) is 3.30. The van der Waals surface area contributed by atoms with Gasteiger partial charge >= 0.3 is 0 Å². The van der Waals surface area contributed by atoms with E-state index in [9.17, 15) is 4.79 Å². The third-order valence-corrected chi connectivity index (χ3v) is 4.59. The van der Waals surface area contributed by atoms with Gasteiger partial charge < -0.3 is 18.9 Å². The zero-order valence-electron chi connectivity index (χ0n) is 14.1. The molecule has 130 valence electrons. The number of fused-ring (bicyclic) bond motifs is 1. The van der Waals surface area contributed by atoms with Crippen molar-refractivity contribution < 1.29 is 18.8 Å². The monoisotopic (exact) mass is 341 g/mol. The van der Waals surface area contributed by atoms with Crippen LogP contribution in [0, 0.1) is 6.92 Å². The first-order valence-corrected chi connectivity index (χ1v) is 8.22. The first kappa shape index (κ1) is 15.8. The molecular weight excluding hydrogens is 322 g/mol. The van der Waals surface area contributed by atoms with Crippen molar-refractivity contribution in [3.05, 3.63) is 47.1 Å². The van der Waals surface area contributed by atoms with E-state index in [1.54, 1.807) is 18.9 Å². The Morgan fingerprint density at radius 2 is 2.20 bits per heavy atom. The molecule has 2 aromatic rings. The first-order chi connectivity index (χ1) is 12.2. The van der Waals surface area contributed by atoms with Crippen LogP contribution < -0.4 is 4.74 Å². The normalized spacial score (nSPS) is 22.3. The molecule has 1 aromatic heterocycles. The standard InChI is InChI=1S/C18H19N3O4/c1-11-19-17(25-20-11)15-8-14(23-2)9-21(15)18(22)13-7-12-5-3-4-6-16(12)24-10-13/h3-7,14-15H,8-10H2,1-2H3/t14-,15-/m1/s1. The summed E-state index contributed by atoms with van der Waals surface area (Å²) in [5, 5.41) is 3.84. The summed E-state index contributed by atoms with van der Waals surface area (Å²) in [6.07, 6.45) is 2.46. The van der Waals surface area contributed by atoms with Crippen LogP contribution in [0.4, 0.5) is 0 Å². The molecule has 1 saturated heterocycles. The number of nitrogens with zero attached hydrogens (tertiary/aromatic N) is 3. The van der Waals surface area contributed by atoms with Gasteiger partial charge in [0.2, 0.25) is 5.89 Å². The van der Waals surface area contributed by atoms with Crippen molar-refractivity contribution in [1.29, 1.82) is 0 Å². The number of hydrogen-bond acceptors (Lipinski definition) is 6. The molecule has 1 aromatic carbocycles. The summed E-state index contributed by atoms with van der Waals surface area (Å²) in [5.74, 6) is 1.70. The van der Waals surface area contributed by atoms with Gasteiger partial charge in [-0.3, -0.25) is 4.79 Å². The maximum atomic E-state index is 13.1. The molecule has 25 heavy (non-hydrogen) atoms. The molecule has 2 aliphatic heterocycles. The second-order valence-corrected chi connectivity index (χ2v) is 6.24. The Kier molecular flexibility index (Phi) is 4.01. The number of likely N-dealkylation sites (tertiary alicyclic amines) is 1. The van der Waals surface area contributed by atoms with Gasteiger partial charge in [-0.05, 0) is 19.1 Å². The Labute approximate surface area is 145 Å². The van der Waals surface area contributed by atoms with Gasteiger partial charge in [0.05, 0.1) is 11.7 Å². The number of benzene rings is 1. The Morgan fingerprint density at radius 1 is 1.36 bits per heavy atom. The number of para-hydroxylation sites is 1. The van der Waals surface area contributed by atoms with Gasteiger partial charge in [-0.15, -0.1) is 0 Å². The Hall–Kier alpha value is -2.67. The van der Waals surface area contributed by atoms with Crippen molar-refractivity contribution in [3.8, 4) is 5.75 Å². The smallest absolute Gasteiger partial charge is 0.254 e. The zero-order valence-corrected chi connectivity index (χ0v) is 14.1. The third-order valence-electron chi connectivity index (χ3n) is 4.59. The van der Waals surface area contributed by atoms with Crippen LogP contribution in [-0.2, 0) is 9.53 Å². The van der Waals surface area contributed by atoms with E-state index in [4.69, 9.17) is 14.0 Å². The number of carbonyl (C=O) groups excluding carboxylic acids is 1. The molecule has 0 spiro atoms. The van der Waals surface area contributed by atoms with E-state index in [1.165, 1.54) is 0 Å². The summed E-state index contributed by atoms with van der Waals surface area (Å²) in [4.78, 5) is 19.1. The van der Waals surface area contributed by atoms with Crippen molar-refractivity contribution in [2.45, 2.75) is 25.5 Å². The second-order valence-electron chi connectivity index (χ2n) is 6.24. The number of aryl methyl sites for hydroxylation is 1. The molecule has 0 N–H and O–H groups in total. The van der Waals surface area contributed by atoms with E-state index in [0.717, 1.165) is 11.3 Å². The van der Waals surface area contributed by atoms with Crippen molar-refractivity contribution in [3.63, 3.8) is 0 Å². The van der Waals surface area contributed by atoms with Gasteiger partial charge in [0.25, 0.3) is 5.91 Å². The van der Waals surface area contributed by atoms with Gasteiger partial charge in [-0.2, -0.15) is 4.98 Å². The van der Waals surface area contributed by atoms with Crippen LogP contribution in [0.5, 0.6) is 5.75 Å². The molecule has 7 nitrogen and oxygen atoms in total. The highest BCUT2D eigenvalue weighted by Gasteiger charge is 2.40. The molecule has 3 heterocycles. The predicted molar refractivity (Wildman–Crippen MR) is 88.8 cm³/mol. The van der Waals surface area contributed by atoms with E-state index in [0.29, 0.717) is 30.3 Å². The van der Waals surface area contributed by atoms with Crippen molar-refractivity contribution in [1.82, 2.24) is 15.0 Å². The molecule has 7 heteroatoms. The Bertz CT molecular complexity index is 829. The van der Waals surface area contributed by atoms with Crippen LogP contribution in [0.25, 0.3) is 6.08 Å². The van der Waals surface area contributed by atoms with E-state index >= 15 is 0 Å². The minimum atomic E-state index is -0.281. The predicted octanol–water partition coefficient (Wildman–Crippen LogP) is 2.14. The van der Waals surface area contributed by atoms with Crippen LogP contribution in [-0.4, -0.2) is 47.3 Å². The van der Waals surface area contributed by atoms with E-state index in [-0.39, 0.29) is 24.7 Å². The highest BCUT2D eigenvalue weighted by atomic mass is 16.5. The number of rotatable bonds is 3. The average Bonchev–Trinajstić information content (AvgIpc) is 3.26. The lowest BCUT2D eigenvalue weighted by atomic mass is 10.1. The number of aromatic nitrogens is 2. The molecule has 0 aliphatic carbocycles. The molecular formula is C18H19N3O4. The fourth-order valence-electron chi connectivity index (χ4n) is 3.30. The summed E-state index contributed by atoms with van der Waals surface area (Å²) in [5.41, 5.74) is 1.52. The summed E-state index contributed by atoms with van der Waals surface area (Å²) < 4.78 is 16.5. The lowest BCUT2D eigenvalue weighted by Gasteiger charge is -2.25. The lowest BCUT2D eigenvalue weighted by molar-refractivity contribution is -0.129. The van der Waals surface area contributed by atoms with Gasteiger partial charge in [0.1, 0.15) is 18.4 Å². The quantitative estimate of drug-likeness (QED) is 0.851. The topological polar surface area (TPSA) is 77.7 Å². The van der Waals surface area contributed by atoms with Crippen molar-refractivity contribution in [2.75, 3.05) is 20.3 Å². The van der Waals surface area contributed by atoms with Gasteiger partial charge in [-0.1, -0.05) is 23.4 Å². The first-order valence-electron chi connectivity index (χ1n) is 8.22. The average molecular weight is 341 g/mol. The number of hydrogen-bond donors (Lipinski definition) is 0. The SMILES string of the molecule is CO[C@@H]1C[C@H](c2nc(C)no2)N(C(=O)C2=Cc3ccccc3OC2)C1. The maximum absolute atomic E-state index is 13.1. The number of methoxy groups -OCH3 is 1. The highest BCUT2D eigenvalue weighted by molar-refractivity contribution is 5.99. The number of carbonyl (C=O) groups is 1. The Morgan fingerprint density at radius 3 is 2.96 bits per heavy atom. The summed E-state index contributed by atoms with van der Waals surface area (Å²) in [6.45, 7) is 2.50. The van der Waals surface area contributed by atoms with E-state index in [1.807, 2.05) is 30.3 Å². The molecule has 1 fully saturated rings. The molecule has 0 bridgehead atoms. The van der Waals surface area contributed by atoms with Gasteiger partial charge in [0.15, 0.2) is 5.82 Å². The van der Waals surface area contributed by atoms with Crippen LogP contribution in [0.15, 0.2) is 34.4 Å². The van der Waals surface area contributed by atoms with Gasteiger partial charge in [0, 0.05) is 25.6 Å². The Balaban J connectivity index is 1.63. The minimum absolute atomic E-state index is 0.0569. The summed E-state index contributed by atoms with van der Waals surface area (Å²) in [7, 11) is 1.65. The maximum Gasteiger partial charge on any atom is 0.254 e. The second kappa shape index (κ2) is 6.33. The molecule has 2 aliphatic rings. The van der Waals surface area contributed by atoms with Crippen LogP contribution >= 0.6 is 0 Å². The van der Waals surface area contributed by atoms with E-state index in [2.05, 4.69) is 10.1 Å². The van der Waals surface area contributed by atoms with Crippen LogP contribution in [0.1, 0.15) is 29.7 Å². The molecule has 0 radical (unpaired) electrons. The molecule has 2 atom stereocenters. The molecule has 1 amide bonds. The number of amides is 1. The highest BCUT2D eigenvalue weighted by Crippen LogP contribution is 2.35. The van der Waals surface area contributed by atoms with Crippen LogP contribution in [0.3, 0.4) is 0 Å². The van der Waals surface area contributed by atoms with Crippen molar-refractivity contribution in [2.24, 2.45) is 0 Å². The minimum Gasteiger partial charge on any atom is -0.488 e. The lowest BCUT2D eigenvalue weighted by Crippen LogP contribution is -2.35. The largest absolute Gasteiger partial charge is 0.488 e. The summed E-state index contributed by atoms with van der Waals surface area (Å²) >= 11 is 0. The fraction of sp³-hybridized carbons (Fsp3) is 0.389. The van der Waals surface area contributed by atoms with Crippen LogP contribution in [0.2, 0.25) is 0 Å². The molecule has 0 unspecified atom stereocenters. The molecule has 4 rings (SSSR count). The molecule has 0 saturated carbocycles. The van der Waals surface area contributed by atoms with Gasteiger partial charge in [-0.25, -0.2) is 0 Å². The van der Waals surface area contributed by atoms with Crippen molar-refractivity contribution >= 4 is 12.0 Å². The zero-order chi connectivity index (χ0) is 17.4.